The van der Waals surface area contributed by atoms with Gasteiger partial charge in [0.1, 0.15) is 10.9 Å². The second kappa shape index (κ2) is 6.59. The molecule has 0 aliphatic heterocycles. The number of nitrogens with one attached hydrogen (secondary N) is 1. The second-order valence-electron chi connectivity index (χ2n) is 3.90. The van der Waals surface area contributed by atoms with E-state index in [-0.39, 0.29) is 5.91 Å². The predicted octanol–water partition coefficient (Wildman–Crippen LogP) is 4.04. The Balaban J connectivity index is 2.22. The fourth-order valence-corrected chi connectivity index (χ4v) is 1.87. The Hall–Kier alpha value is -1.78. The van der Waals surface area contributed by atoms with Gasteiger partial charge >= 0.3 is 0 Å². The van der Waals surface area contributed by atoms with E-state index in [1.165, 1.54) is 6.20 Å². The van der Waals surface area contributed by atoms with Gasteiger partial charge < -0.3 is 10.1 Å². The summed E-state index contributed by atoms with van der Waals surface area (Å²) in [4.78, 5) is 16.0. The summed E-state index contributed by atoms with van der Waals surface area (Å²) in [5, 5.41) is 3.59. The number of carbonyl (C=O) groups excluding carboxylic acids is 1. The fraction of sp³-hybridized carbons (Fsp3) is 0.143. The third kappa shape index (κ3) is 3.62. The minimum Gasteiger partial charge on any atom is -0.492 e. The number of halogens is 2. The van der Waals surface area contributed by atoms with E-state index < -0.39 is 0 Å². The molecule has 0 saturated carbocycles. The van der Waals surface area contributed by atoms with Crippen molar-refractivity contribution in [2.24, 2.45) is 0 Å². The van der Waals surface area contributed by atoms with Gasteiger partial charge in [0, 0.05) is 11.2 Å². The summed E-state index contributed by atoms with van der Waals surface area (Å²) < 4.78 is 5.44. The molecule has 0 radical (unpaired) electrons. The first-order chi connectivity index (χ1) is 9.60. The number of aromatic nitrogens is 1. The lowest BCUT2D eigenvalue weighted by atomic mass is 10.2. The van der Waals surface area contributed by atoms with Gasteiger partial charge in [0.15, 0.2) is 0 Å². The van der Waals surface area contributed by atoms with Crippen LogP contribution in [-0.2, 0) is 0 Å². The Kier molecular flexibility index (Phi) is 4.82. The van der Waals surface area contributed by atoms with Gasteiger partial charge in [-0.25, -0.2) is 4.98 Å². The van der Waals surface area contributed by atoms with Crippen molar-refractivity contribution in [1.82, 2.24) is 4.98 Å². The van der Waals surface area contributed by atoms with Crippen LogP contribution in [0.1, 0.15) is 17.3 Å². The zero-order valence-electron chi connectivity index (χ0n) is 10.7. The van der Waals surface area contributed by atoms with E-state index in [0.717, 1.165) is 0 Å². The minimum atomic E-state index is -0.308. The number of anilines is 1. The summed E-state index contributed by atoms with van der Waals surface area (Å²) in [7, 11) is 0. The zero-order chi connectivity index (χ0) is 14.5. The number of rotatable bonds is 4. The largest absolute Gasteiger partial charge is 0.492 e. The van der Waals surface area contributed by atoms with E-state index in [9.17, 15) is 4.79 Å². The van der Waals surface area contributed by atoms with Crippen molar-refractivity contribution in [3.05, 3.63) is 52.3 Å². The molecule has 0 aliphatic carbocycles. The molecule has 0 aliphatic rings. The number of nitrogens with zero attached hydrogens (tertiary/aromatic N) is 1. The lowest BCUT2D eigenvalue weighted by Crippen LogP contribution is -2.13. The molecule has 1 aromatic heterocycles. The number of benzene rings is 1. The Morgan fingerprint density at radius 1 is 1.30 bits per heavy atom. The minimum absolute atomic E-state index is 0.308. The molecule has 2 aromatic rings. The van der Waals surface area contributed by atoms with Gasteiger partial charge in [-0.15, -0.1) is 0 Å². The molecule has 0 spiro atoms. The highest BCUT2D eigenvalue weighted by atomic mass is 35.5. The fourth-order valence-electron chi connectivity index (χ4n) is 1.59. The van der Waals surface area contributed by atoms with Crippen molar-refractivity contribution < 1.29 is 9.53 Å². The van der Waals surface area contributed by atoms with Crippen LogP contribution in [0.5, 0.6) is 5.75 Å². The van der Waals surface area contributed by atoms with Gasteiger partial charge in [-0.3, -0.25) is 4.79 Å². The molecule has 1 aromatic carbocycles. The molecule has 0 unspecified atom stereocenters. The Morgan fingerprint density at radius 2 is 2.10 bits per heavy atom. The van der Waals surface area contributed by atoms with E-state index >= 15 is 0 Å². The standard InChI is InChI=1S/C14H12Cl2N2O2/c1-2-20-12-5-4-10(15)7-11(12)18-14(19)9-3-6-13(16)17-8-9/h3-8H,2H2,1H3,(H,18,19). The highest BCUT2D eigenvalue weighted by molar-refractivity contribution is 6.31. The van der Waals surface area contributed by atoms with Gasteiger partial charge in [0.2, 0.25) is 0 Å². The Labute approximate surface area is 126 Å². The van der Waals surface area contributed by atoms with Crippen LogP contribution in [-0.4, -0.2) is 17.5 Å². The first kappa shape index (κ1) is 14.6. The van der Waals surface area contributed by atoms with E-state index in [1.807, 2.05) is 6.92 Å². The van der Waals surface area contributed by atoms with Crippen LogP contribution in [0.15, 0.2) is 36.5 Å². The van der Waals surface area contributed by atoms with Crippen molar-refractivity contribution >= 4 is 34.8 Å². The Morgan fingerprint density at radius 3 is 2.75 bits per heavy atom. The van der Waals surface area contributed by atoms with Crippen molar-refractivity contribution in [1.29, 1.82) is 0 Å². The summed E-state index contributed by atoms with van der Waals surface area (Å²) in [6.07, 6.45) is 1.41. The average molecular weight is 311 g/mol. The molecule has 0 saturated heterocycles. The third-order valence-corrected chi connectivity index (χ3v) is 2.94. The molecule has 20 heavy (non-hydrogen) atoms. The summed E-state index contributed by atoms with van der Waals surface area (Å²) >= 11 is 11.6. The number of hydrogen-bond acceptors (Lipinski definition) is 3. The van der Waals surface area contributed by atoms with E-state index in [4.69, 9.17) is 27.9 Å². The molecule has 0 atom stereocenters. The van der Waals surface area contributed by atoms with Gasteiger partial charge in [0.05, 0.1) is 17.9 Å². The SMILES string of the molecule is CCOc1ccc(Cl)cc1NC(=O)c1ccc(Cl)nc1. The average Bonchev–Trinajstić information content (AvgIpc) is 2.42. The number of pyridine rings is 1. The maximum atomic E-state index is 12.1. The molecule has 1 heterocycles. The van der Waals surface area contributed by atoms with Gasteiger partial charge in [-0.1, -0.05) is 23.2 Å². The third-order valence-electron chi connectivity index (χ3n) is 2.48. The van der Waals surface area contributed by atoms with Gasteiger partial charge in [-0.2, -0.15) is 0 Å². The number of ether oxygens (including phenoxy) is 1. The van der Waals surface area contributed by atoms with Crippen LogP contribution in [0.25, 0.3) is 0 Å². The van der Waals surface area contributed by atoms with Crippen molar-refractivity contribution in [3.8, 4) is 5.75 Å². The second-order valence-corrected chi connectivity index (χ2v) is 4.72. The molecule has 0 bridgehead atoms. The molecule has 1 N–H and O–H groups in total. The molecular weight excluding hydrogens is 299 g/mol. The van der Waals surface area contributed by atoms with Crippen LogP contribution in [0.4, 0.5) is 5.69 Å². The maximum Gasteiger partial charge on any atom is 0.257 e. The number of carbonyl (C=O) groups is 1. The maximum absolute atomic E-state index is 12.1. The summed E-state index contributed by atoms with van der Waals surface area (Å²) in [6.45, 7) is 2.36. The van der Waals surface area contributed by atoms with E-state index in [1.54, 1.807) is 30.3 Å². The first-order valence-electron chi connectivity index (χ1n) is 5.95. The molecule has 4 nitrogen and oxygen atoms in total. The van der Waals surface area contributed by atoms with Crippen molar-refractivity contribution in [2.75, 3.05) is 11.9 Å². The molecule has 104 valence electrons. The van der Waals surface area contributed by atoms with Crippen LogP contribution in [0.3, 0.4) is 0 Å². The van der Waals surface area contributed by atoms with Crippen LogP contribution in [0, 0.1) is 0 Å². The molecule has 1 amide bonds. The smallest absolute Gasteiger partial charge is 0.257 e. The highest BCUT2D eigenvalue weighted by Gasteiger charge is 2.11. The molecular formula is C14H12Cl2N2O2. The molecule has 0 fully saturated rings. The number of hydrogen-bond donors (Lipinski definition) is 1. The lowest BCUT2D eigenvalue weighted by molar-refractivity contribution is 0.102. The highest BCUT2D eigenvalue weighted by Crippen LogP contribution is 2.28. The first-order valence-corrected chi connectivity index (χ1v) is 6.71. The number of amides is 1. The van der Waals surface area contributed by atoms with Crippen LogP contribution in [0.2, 0.25) is 10.2 Å². The van der Waals surface area contributed by atoms with Crippen LogP contribution < -0.4 is 10.1 Å². The topological polar surface area (TPSA) is 51.2 Å². The molecule has 2 rings (SSSR count). The predicted molar refractivity (Wildman–Crippen MR) is 79.8 cm³/mol. The summed E-state index contributed by atoms with van der Waals surface area (Å²) in [6, 6.07) is 8.19. The zero-order valence-corrected chi connectivity index (χ0v) is 12.2. The van der Waals surface area contributed by atoms with Gasteiger partial charge in [0.25, 0.3) is 5.91 Å². The van der Waals surface area contributed by atoms with Crippen LogP contribution >= 0.6 is 23.2 Å². The van der Waals surface area contributed by atoms with Gasteiger partial charge in [-0.05, 0) is 37.3 Å². The Bertz CT molecular complexity index is 615. The normalized spacial score (nSPS) is 10.2. The molecule has 6 heteroatoms. The van der Waals surface area contributed by atoms with E-state index in [0.29, 0.717) is 33.8 Å². The summed E-state index contributed by atoms with van der Waals surface area (Å²) in [5.74, 6) is 0.254. The van der Waals surface area contributed by atoms with E-state index in [2.05, 4.69) is 10.3 Å². The monoisotopic (exact) mass is 310 g/mol. The lowest BCUT2D eigenvalue weighted by Gasteiger charge is -2.11. The van der Waals surface area contributed by atoms with Crippen molar-refractivity contribution in [2.45, 2.75) is 6.92 Å². The quantitative estimate of drug-likeness (QED) is 0.867. The van der Waals surface area contributed by atoms with Crippen molar-refractivity contribution in [3.63, 3.8) is 0 Å². The summed E-state index contributed by atoms with van der Waals surface area (Å²) in [5.41, 5.74) is 0.913.